The number of piperidine rings is 1. The summed E-state index contributed by atoms with van der Waals surface area (Å²) in [6.45, 7) is 4.74. The first-order valence-electron chi connectivity index (χ1n) is 10.6. The molecule has 0 unspecified atom stereocenters. The fourth-order valence-electron chi connectivity index (χ4n) is 4.05. The summed E-state index contributed by atoms with van der Waals surface area (Å²) in [5, 5.41) is 13.1. The number of amides is 1. The molecule has 0 spiro atoms. The van der Waals surface area contributed by atoms with Crippen LogP contribution in [-0.2, 0) is 11.2 Å². The Morgan fingerprint density at radius 3 is 2.65 bits per heavy atom. The lowest BCUT2D eigenvalue weighted by Crippen LogP contribution is -2.42. The van der Waals surface area contributed by atoms with E-state index in [-0.39, 0.29) is 18.4 Å². The van der Waals surface area contributed by atoms with E-state index in [1.165, 1.54) is 0 Å². The Labute approximate surface area is 181 Å². The number of aryl methyl sites for hydroxylation is 1. The third-order valence-electron chi connectivity index (χ3n) is 5.74. The number of fused-ring (bicyclic) bond motifs is 1. The third-order valence-corrected chi connectivity index (χ3v) is 5.74. The van der Waals surface area contributed by atoms with E-state index in [4.69, 9.17) is 5.11 Å². The van der Waals surface area contributed by atoms with Gasteiger partial charge in [-0.05, 0) is 62.9 Å². The van der Waals surface area contributed by atoms with Crippen LogP contribution in [0.1, 0.15) is 47.8 Å². The van der Waals surface area contributed by atoms with E-state index in [0.29, 0.717) is 22.5 Å². The van der Waals surface area contributed by atoms with Gasteiger partial charge in [-0.1, -0.05) is 12.1 Å². The van der Waals surface area contributed by atoms with E-state index in [9.17, 15) is 9.59 Å². The number of carboxylic acids is 1. The van der Waals surface area contributed by atoms with Gasteiger partial charge < -0.3 is 15.3 Å². The van der Waals surface area contributed by atoms with Crippen molar-refractivity contribution in [2.24, 2.45) is 0 Å². The van der Waals surface area contributed by atoms with E-state index in [1.807, 2.05) is 36.1 Å². The normalized spacial score (nSPS) is 16.3. The number of benzene rings is 1. The number of aromatic nitrogens is 2. The Hall–Kier alpha value is -3.48. The minimum atomic E-state index is -0.870. The molecule has 3 aromatic rings. The number of aliphatic carboxylic acids is 1. The first kappa shape index (κ1) is 20.8. The van der Waals surface area contributed by atoms with Gasteiger partial charge in [0, 0.05) is 35.6 Å². The summed E-state index contributed by atoms with van der Waals surface area (Å²) in [5.41, 5.74) is 4.10. The van der Waals surface area contributed by atoms with Crippen LogP contribution in [0, 0.1) is 6.92 Å². The van der Waals surface area contributed by atoms with Crippen LogP contribution in [0.2, 0.25) is 0 Å². The lowest BCUT2D eigenvalue weighted by Gasteiger charge is -2.34. The molecule has 0 radical (unpaired) electrons. The molecule has 1 aliphatic rings. The van der Waals surface area contributed by atoms with Crippen LogP contribution in [0.4, 0.5) is 11.4 Å². The molecule has 3 heterocycles. The average Bonchev–Trinajstić information content (AvgIpc) is 2.74. The minimum absolute atomic E-state index is 0.0295. The molecule has 7 nitrogen and oxygen atoms in total. The monoisotopic (exact) mass is 418 g/mol. The van der Waals surface area contributed by atoms with Gasteiger partial charge in [-0.25, -0.2) is 9.97 Å². The van der Waals surface area contributed by atoms with E-state index in [2.05, 4.69) is 22.2 Å². The summed E-state index contributed by atoms with van der Waals surface area (Å²) in [7, 11) is 0. The molecule has 1 aromatic carbocycles. The van der Waals surface area contributed by atoms with Crippen molar-refractivity contribution >= 4 is 34.3 Å². The van der Waals surface area contributed by atoms with Crippen molar-refractivity contribution in [1.29, 1.82) is 0 Å². The Bertz CT molecular complexity index is 1130. The molecule has 0 saturated carbocycles. The van der Waals surface area contributed by atoms with Crippen LogP contribution >= 0.6 is 0 Å². The van der Waals surface area contributed by atoms with Crippen molar-refractivity contribution in [1.82, 2.24) is 14.9 Å². The Morgan fingerprint density at radius 1 is 1.16 bits per heavy atom. The van der Waals surface area contributed by atoms with E-state index >= 15 is 0 Å². The largest absolute Gasteiger partial charge is 0.481 e. The first-order chi connectivity index (χ1) is 14.9. The van der Waals surface area contributed by atoms with Gasteiger partial charge in [0.2, 0.25) is 0 Å². The van der Waals surface area contributed by atoms with Gasteiger partial charge in [0.1, 0.15) is 0 Å². The van der Waals surface area contributed by atoms with Gasteiger partial charge in [-0.2, -0.15) is 0 Å². The number of likely N-dealkylation sites (tertiary alicyclic amines) is 1. The van der Waals surface area contributed by atoms with Crippen LogP contribution in [0.25, 0.3) is 11.0 Å². The van der Waals surface area contributed by atoms with Crippen molar-refractivity contribution in [3.63, 3.8) is 0 Å². The second-order valence-electron chi connectivity index (χ2n) is 8.11. The maximum atomic E-state index is 13.5. The molecule has 1 fully saturated rings. The van der Waals surface area contributed by atoms with Crippen molar-refractivity contribution in [2.75, 3.05) is 11.9 Å². The number of pyridine rings is 2. The highest BCUT2D eigenvalue weighted by molar-refractivity contribution is 6.07. The van der Waals surface area contributed by atoms with Crippen LogP contribution in [0.3, 0.4) is 0 Å². The zero-order valence-electron chi connectivity index (χ0n) is 17.8. The number of hydrogen-bond acceptors (Lipinski definition) is 5. The number of carbonyl (C=O) groups excluding carboxylic acids is 1. The van der Waals surface area contributed by atoms with Crippen molar-refractivity contribution < 1.29 is 14.7 Å². The molecule has 160 valence electrons. The lowest BCUT2D eigenvalue weighted by atomic mass is 10.0. The summed E-state index contributed by atoms with van der Waals surface area (Å²) >= 11 is 0. The topological polar surface area (TPSA) is 95.4 Å². The van der Waals surface area contributed by atoms with Gasteiger partial charge >= 0.3 is 5.97 Å². The maximum absolute atomic E-state index is 13.5. The molecule has 31 heavy (non-hydrogen) atoms. The van der Waals surface area contributed by atoms with Gasteiger partial charge in [-0.3, -0.25) is 9.59 Å². The third kappa shape index (κ3) is 4.50. The Kier molecular flexibility index (Phi) is 5.84. The van der Waals surface area contributed by atoms with E-state index in [0.717, 1.165) is 42.6 Å². The van der Waals surface area contributed by atoms with Crippen LogP contribution in [0.15, 0.2) is 42.6 Å². The number of carbonyl (C=O) groups is 2. The fraction of sp³-hybridized carbons (Fsp3) is 0.333. The molecule has 0 aliphatic carbocycles. The quantitative estimate of drug-likeness (QED) is 0.641. The molecule has 2 aromatic heterocycles. The van der Waals surface area contributed by atoms with Gasteiger partial charge in [-0.15, -0.1) is 0 Å². The van der Waals surface area contributed by atoms with Gasteiger partial charge in [0.15, 0.2) is 5.65 Å². The minimum Gasteiger partial charge on any atom is -0.481 e. The Balaban J connectivity index is 1.74. The molecule has 1 atom stereocenters. The molecule has 0 bridgehead atoms. The highest BCUT2D eigenvalue weighted by atomic mass is 16.4. The molecular formula is C24H26N4O3. The SMILES string of the molecule is Cc1ccc2c(Nc3ccc(CC(=O)O)cc3)c(C(=O)N3CCCC[C@H]3C)cnc2n1. The fourth-order valence-corrected chi connectivity index (χ4v) is 4.05. The second kappa shape index (κ2) is 8.71. The second-order valence-corrected chi connectivity index (χ2v) is 8.11. The first-order valence-corrected chi connectivity index (χ1v) is 10.6. The van der Waals surface area contributed by atoms with Crippen LogP contribution in [-0.4, -0.2) is 44.4 Å². The number of nitrogens with zero attached hydrogens (tertiary/aromatic N) is 3. The number of hydrogen-bond donors (Lipinski definition) is 2. The summed E-state index contributed by atoms with van der Waals surface area (Å²) in [4.78, 5) is 35.3. The van der Waals surface area contributed by atoms with Crippen molar-refractivity contribution in [2.45, 2.75) is 45.6 Å². The molecule has 2 N–H and O–H groups in total. The van der Waals surface area contributed by atoms with Crippen molar-refractivity contribution in [3.8, 4) is 0 Å². The highest BCUT2D eigenvalue weighted by Gasteiger charge is 2.27. The molecular weight excluding hydrogens is 392 g/mol. The number of nitrogens with one attached hydrogen (secondary N) is 1. The lowest BCUT2D eigenvalue weighted by molar-refractivity contribution is -0.136. The van der Waals surface area contributed by atoms with Crippen LogP contribution in [0.5, 0.6) is 0 Å². The summed E-state index contributed by atoms with van der Waals surface area (Å²) in [6, 6.07) is 11.2. The Morgan fingerprint density at radius 2 is 1.94 bits per heavy atom. The predicted molar refractivity (Wildman–Crippen MR) is 120 cm³/mol. The summed E-state index contributed by atoms with van der Waals surface area (Å²) < 4.78 is 0. The van der Waals surface area contributed by atoms with E-state index in [1.54, 1.807) is 18.3 Å². The number of anilines is 2. The predicted octanol–water partition coefficient (Wildman–Crippen LogP) is 4.32. The number of rotatable bonds is 5. The summed E-state index contributed by atoms with van der Waals surface area (Å²) in [6.07, 6.45) is 4.72. The molecule has 1 aliphatic heterocycles. The average molecular weight is 418 g/mol. The molecule has 7 heteroatoms. The molecule has 1 saturated heterocycles. The zero-order valence-corrected chi connectivity index (χ0v) is 17.8. The zero-order chi connectivity index (χ0) is 22.0. The maximum Gasteiger partial charge on any atom is 0.307 e. The smallest absolute Gasteiger partial charge is 0.307 e. The van der Waals surface area contributed by atoms with Gasteiger partial charge in [0.25, 0.3) is 5.91 Å². The van der Waals surface area contributed by atoms with Gasteiger partial charge in [0.05, 0.1) is 17.7 Å². The molecule has 4 rings (SSSR count). The van der Waals surface area contributed by atoms with Crippen LogP contribution < -0.4 is 5.32 Å². The van der Waals surface area contributed by atoms with E-state index < -0.39 is 5.97 Å². The summed E-state index contributed by atoms with van der Waals surface area (Å²) in [5.74, 6) is -0.905. The highest BCUT2D eigenvalue weighted by Crippen LogP contribution is 2.31. The standard InChI is InChI=1S/C24H26N4O3/c1-15-6-11-19-22(27-18-9-7-17(8-10-18)13-21(29)30)20(14-25-23(19)26-15)24(31)28-12-4-3-5-16(28)2/h6-11,14,16H,3-5,12-13H2,1-2H3,(H,29,30)(H,25,26,27)/t16-/m1/s1. The molecule has 1 amide bonds. The van der Waals surface area contributed by atoms with Crippen molar-refractivity contribution in [3.05, 3.63) is 59.4 Å². The number of carboxylic acid groups (broad SMARTS) is 1.